The van der Waals surface area contributed by atoms with Crippen LogP contribution in [0.5, 0.6) is 5.75 Å². The minimum absolute atomic E-state index is 0.0721. The highest BCUT2D eigenvalue weighted by atomic mass is 16.5. The van der Waals surface area contributed by atoms with Crippen LogP contribution in [0, 0.1) is 0 Å². The van der Waals surface area contributed by atoms with E-state index < -0.39 is 11.9 Å². The van der Waals surface area contributed by atoms with Crippen LogP contribution in [-0.4, -0.2) is 25.7 Å². The Morgan fingerprint density at radius 1 is 1.08 bits per heavy atom. The lowest BCUT2D eigenvalue weighted by molar-refractivity contribution is -0.140. The van der Waals surface area contributed by atoms with Gasteiger partial charge in [-0.05, 0) is 29.8 Å². The molecule has 0 spiro atoms. The second-order valence-electron chi connectivity index (χ2n) is 5.26. The Kier molecular flexibility index (Phi) is 4.61. The standard InChI is InChI=1S/C19H16O5/c1-22-18(20)15-7-4-5-13(9-15)11-24-19(21)16-10-14-6-2-3-8-17(14)23-12-16/h2-10H,11-12H2,1H3. The molecule has 2 aromatic carbocycles. The minimum atomic E-state index is -0.437. The van der Waals surface area contributed by atoms with Crippen molar-refractivity contribution in [2.75, 3.05) is 13.7 Å². The smallest absolute Gasteiger partial charge is 0.337 e. The SMILES string of the molecule is COC(=O)c1cccc(COC(=O)C2=Cc3ccccc3OC2)c1. The highest BCUT2D eigenvalue weighted by molar-refractivity contribution is 5.95. The summed E-state index contributed by atoms with van der Waals surface area (Å²) in [5.41, 5.74) is 2.44. The summed E-state index contributed by atoms with van der Waals surface area (Å²) in [6.07, 6.45) is 1.77. The lowest BCUT2D eigenvalue weighted by Crippen LogP contribution is -2.17. The Morgan fingerprint density at radius 2 is 1.92 bits per heavy atom. The molecule has 0 N–H and O–H groups in total. The average Bonchev–Trinajstić information content (AvgIpc) is 2.65. The van der Waals surface area contributed by atoms with E-state index in [-0.39, 0.29) is 13.2 Å². The van der Waals surface area contributed by atoms with Gasteiger partial charge in [0.2, 0.25) is 0 Å². The quantitative estimate of drug-likeness (QED) is 0.809. The van der Waals surface area contributed by atoms with Crippen molar-refractivity contribution < 1.29 is 23.8 Å². The number of esters is 2. The molecule has 24 heavy (non-hydrogen) atoms. The molecule has 5 heteroatoms. The third-order valence-corrected chi connectivity index (χ3v) is 3.61. The molecule has 1 heterocycles. The molecule has 0 saturated carbocycles. The summed E-state index contributed by atoms with van der Waals surface area (Å²) in [5.74, 6) is -0.115. The fourth-order valence-corrected chi connectivity index (χ4v) is 2.38. The van der Waals surface area contributed by atoms with Gasteiger partial charge in [-0.15, -0.1) is 0 Å². The molecule has 0 amide bonds. The van der Waals surface area contributed by atoms with Gasteiger partial charge in [-0.3, -0.25) is 0 Å². The summed E-state index contributed by atoms with van der Waals surface area (Å²) in [6.45, 7) is 0.251. The number of hydrogen-bond donors (Lipinski definition) is 0. The number of ether oxygens (including phenoxy) is 3. The van der Waals surface area contributed by atoms with E-state index in [0.717, 1.165) is 11.3 Å². The predicted octanol–water partition coefficient (Wildman–Crippen LogP) is 2.99. The normalized spacial score (nSPS) is 12.5. The summed E-state index contributed by atoms with van der Waals surface area (Å²) >= 11 is 0. The summed E-state index contributed by atoms with van der Waals surface area (Å²) in [5, 5.41) is 0. The van der Waals surface area contributed by atoms with Gasteiger partial charge in [-0.1, -0.05) is 30.3 Å². The molecule has 1 aliphatic heterocycles. The minimum Gasteiger partial charge on any atom is -0.488 e. The molecule has 2 aromatic rings. The second kappa shape index (κ2) is 7.00. The molecule has 3 rings (SSSR count). The number of carbonyl (C=O) groups excluding carboxylic acids is 2. The average molecular weight is 324 g/mol. The lowest BCUT2D eigenvalue weighted by atomic mass is 10.1. The molecule has 0 aliphatic carbocycles. The maximum absolute atomic E-state index is 12.2. The van der Waals surface area contributed by atoms with Crippen LogP contribution in [0.3, 0.4) is 0 Å². The van der Waals surface area contributed by atoms with Crippen LogP contribution in [0.2, 0.25) is 0 Å². The van der Waals surface area contributed by atoms with E-state index in [1.165, 1.54) is 7.11 Å². The van der Waals surface area contributed by atoms with Gasteiger partial charge in [0.15, 0.2) is 0 Å². The van der Waals surface area contributed by atoms with Crippen LogP contribution >= 0.6 is 0 Å². The van der Waals surface area contributed by atoms with Gasteiger partial charge in [0.05, 0.1) is 18.2 Å². The third-order valence-electron chi connectivity index (χ3n) is 3.61. The Hall–Kier alpha value is -3.08. The Bertz CT molecular complexity index is 807. The number of fused-ring (bicyclic) bond motifs is 1. The van der Waals surface area contributed by atoms with Crippen LogP contribution in [0.25, 0.3) is 6.08 Å². The molecule has 0 atom stereocenters. The summed E-state index contributed by atoms with van der Waals surface area (Å²) in [7, 11) is 1.32. The molecule has 0 radical (unpaired) electrons. The molecule has 0 bridgehead atoms. The molecular weight excluding hydrogens is 308 g/mol. The number of para-hydroxylation sites is 1. The fraction of sp³-hybridized carbons (Fsp3) is 0.158. The predicted molar refractivity (Wildman–Crippen MR) is 87.5 cm³/mol. The van der Waals surface area contributed by atoms with Gasteiger partial charge in [0, 0.05) is 5.56 Å². The van der Waals surface area contributed by atoms with Crippen LogP contribution in [0.4, 0.5) is 0 Å². The molecule has 5 nitrogen and oxygen atoms in total. The number of benzene rings is 2. The molecule has 1 aliphatic rings. The van der Waals surface area contributed by atoms with Gasteiger partial charge in [-0.2, -0.15) is 0 Å². The Labute approximate surface area is 139 Å². The summed E-state index contributed by atoms with van der Waals surface area (Å²) < 4.78 is 15.5. The Morgan fingerprint density at radius 3 is 2.75 bits per heavy atom. The van der Waals surface area contributed by atoms with Gasteiger partial charge in [-0.25, -0.2) is 9.59 Å². The van der Waals surface area contributed by atoms with E-state index >= 15 is 0 Å². The molecular formula is C19H16O5. The molecule has 0 saturated heterocycles. The lowest BCUT2D eigenvalue weighted by Gasteiger charge is -2.17. The highest BCUT2D eigenvalue weighted by Gasteiger charge is 2.18. The van der Waals surface area contributed by atoms with Crippen LogP contribution < -0.4 is 4.74 Å². The van der Waals surface area contributed by atoms with E-state index in [9.17, 15) is 9.59 Å². The zero-order chi connectivity index (χ0) is 16.9. The summed E-state index contributed by atoms with van der Waals surface area (Å²) in [6, 6.07) is 14.3. The van der Waals surface area contributed by atoms with E-state index in [0.29, 0.717) is 16.7 Å². The van der Waals surface area contributed by atoms with Crippen molar-refractivity contribution in [2.24, 2.45) is 0 Å². The maximum atomic E-state index is 12.2. The molecule has 0 aromatic heterocycles. The summed E-state index contributed by atoms with van der Waals surface area (Å²) in [4.78, 5) is 23.7. The molecule has 0 unspecified atom stereocenters. The van der Waals surface area contributed by atoms with Crippen molar-refractivity contribution in [3.8, 4) is 5.75 Å². The van der Waals surface area contributed by atoms with E-state index in [1.54, 1.807) is 30.3 Å². The van der Waals surface area contributed by atoms with Crippen LogP contribution in [-0.2, 0) is 20.9 Å². The first-order valence-corrected chi connectivity index (χ1v) is 7.44. The van der Waals surface area contributed by atoms with Crippen molar-refractivity contribution >= 4 is 18.0 Å². The largest absolute Gasteiger partial charge is 0.488 e. The van der Waals surface area contributed by atoms with Gasteiger partial charge in [0.25, 0.3) is 0 Å². The first-order chi connectivity index (χ1) is 11.7. The van der Waals surface area contributed by atoms with E-state index in [4.69, 9.17) is 9.47 Å². The van der Waals surface area contributed by atoms with Gasteiger partial charge < -0.3 is 14.2 Å². The van der Waals surface area contributed by atoms with E-state index in [2.05, 4.69) is 4.74 Å². The maximum Gasteiger partial charge on any atom is 0.337 e. The zero-order valence-electron chi connectivity index (χ0n) is 13.2. The first-order valence-electron chi connectivity index (χ1n) is 7.44. The van der Waals surface area contributed by atoms with Crippen molar-refractivity contribution in [1.82, 2.24) is 0 Å². The van der Waals surface area contributed by atoms with Crippen molar-refractivity contribution in [3.05, 3.63) is 70.8 Å². The van der Waals surface area contributed by atoms with Gasteiger partial charge in [0.1, 0.15) is 19.0 Å². The number of carbonyl (C=O) groups is 2. The number of rotatable bonds is 4. The van der Waals surface area contributed by atoms with Gasteiger partial charge >= 0.3 is 11.9 Å². The fourth-order valence-electron chi connectivity index (χ4n) is 2.38. The van der Waals surface area contributed by atoms with Crippen LogP contribution in [0.15, 0.2) is 54.1 Å². The van der Waals surface area contributed by atoms with Crippen molar-refractivity contribution in [1.29, 1.82) is 0 Å². The second-order valence-corrected chi connectivity index (χ2v) is 5.26. The Balaban J connectivity index is 1.66. The number of methoxy groups -OCH3 is 1. The zero-order valence-corrected chi connectivity index (χ0v) is 13.2. The topological polar surface area (TPSA) is 61.8 Å². The first kappa shape index (κ1) is 15.8. The van der Waals surface area contributed by atoms with Crippen molar-refractivity contribution in [2.45, 2.75) is 6.61 Å². The molecule has 122 valence electrons. The monoisotopic (exact) mass is 324 g/mol. The third kappa shape index (κ3) is 3.46. The highest BCUT2D eigenvalue weighted by Crippen LogP contribution is 2.26. The number of hydrogen-bond acceptors (Lipinski definition) is 5. The van der Waals surface area contributed by atoms with Crippen molar-refractivity contribution in [3.63, 3.8) is 0 Å². The van der Waals surface area contributed by atoms with Crippen LogP contribution in [0.1, 0.15) is 21.5 Å². The van der Waals surface area contributed by atoms with E-state index in [1.807, 2.05) is 24.3 Å². The molecule has 0 fully saturated rings.